The van der Waals surface area contributed by atoms with Crippen molar-refractivity contribution >= 4 is 28.8 Å². The zero-order chi connectivity index (χ0) is 23.4. The summed E-state index contributed by atoms with van der Waals surface area (Å²) in [7, 11) is 3.95. The minimum atomic E-state index is -0.636. The first-order valence-electron chi connectivity index (χ1n) is 10.9. The van der Waals surface area contributed by atoms with Crippen molar-refractivity contribution in [3.05, 3.63) is 57.3 Å². The lowest BCUT2D eigenvalue weighted by molar-refractivity contribution is -0.139. The number of hydrogen-bond donors (Lipinski definition) is 1. The van der Waals surface area contributed by atoms with Crippen LogP contribution in [-0.2, 0) is 9.59 Å². The van der Waals surface area contributed by atoms with Gasteiger partial charge in [-0.3, -0.25) is 9.59 Å². The van der Waals surface area contributed by atoms with Gasteiger partial charge in [-0.15, -0.1) is 11.3 Å². The SMILES string of the molecule is Cc1cc(C(O)=C2C(=O)C(=O)N(CCCN(C)C)C2c2cccs2)ccc1OCC(C)C. The molecule has 1 atom stereocenters. The standard InChI is InChI=1S/C25H32N2O4S/c1-16(2)15-31-19-10-9-18(14-17(19)3)23(28)21-22(20-8-6-13-32-20)27(25(30)24(21)29)12-7-11-26(4)5/h6,8-10,13-14,16,22,28H,7,11-12,15H2,1-5H3. The number of ether oxygens (including phenoxy) is 1. The number of hydrogen-bond acceptors (Lipinski definition) is 6. The molecule has 7 heteroatoms. The monoisotopic (exact) mass is 456 g/mol. The summed E-state index contributed by atoms with van der Waals surface area (Å²) in [6.45, 7) is 7.92. The summed E-state index contributed by atoms with van der Waals surface area (Å²) in [4.78, 5) is 30.4. The van der Waals surface area contributed by atoms with Gasteiger partial charge in [0, 0.05) is 17.0 Å². The number of benzene rings is 1. The second kappa shape index (κ2) is 10.3. The minimum absolute atomic E-state index is 0.143. The summed E-state index contributed by atoms with van der Waals surface area (Å²) in [5.41, 5.74) is 1.52. The van der Waals surface area contributed by atoms with Crippen LogP contribution in [0, 0.1) is 12.8 Å². The molecule has 0 spiro atoms. The maximum Gasteiger partial charge on any atom is 0.295 e. The van der Waals surface area contributed by atoms with Crippen LogP contribution in [0.5, 0.6) is 5.75 Å². The van der Waals surface area contributed by atoms with Crippen molar-refractivity contribution in [1.82, 2.24) is 9.80 Å². The number of rotatable bonds is 9. The maximum absolute atomic E-state index is 13.0. The molecule has 0 bridgehead atoms. The molecule has 3 rings (SSSR count). The molecular formula is C25H32N2O4S. The van der Waals surface area contributed by atoms with E-state index in [0.717, 1.165) is 29.2 Å². The molecule has 1 aliphatic heterocycles. The second-order valence-corrected chi connectivity index (χ2v) is 9.83. The first-order valence-corrected chi connectivity index (χ1v) is 11.8. The molecule has 0 aliphatic carbocycles. The maximum atomic E-state index is 13.0. The Kier molecular flexibility index (Phi) is 7.74. The molecule has 6 nitrogen and oxygen atoms in total. The van der Waals surface area contributed by atoms with Gasteiger partial charge in [-0.05, 0) is 75.1 Å². The van der Waals surface area contributed by atoms with Crippen LogP contribution < -0.4 is 4.74 Å². The number of nitrogens with zero attached hydrogens (tertiary/aromatic N) is 2. The molecule has 1 aliphatic rings. The fourth-order valence-corrected chi connectivity index (χ4v) is 4.63. The van der Waals surface area contributed by atoms with E-state index in [0.29, 0.717) is 24.6 Å². The molecule has 1 aromatic carbocycles. The molecule has 172 valence electrons. The quantitative estimate of drug-likeness (QED) is 0.343. The molecular weight excluding hydrogens is 424 g/mol. The zero-order valence-corrected chi connectivity index (χ0v) is 20.2. The third-order valence-corrected chi connectivity index (χ3v) is 6.30. The lowest BCUT2D eigenvalue weighted by atomic mass is 9.98. The van der Waals surface area contributed by atoms with E-state index in [4.69, 9.17) is 4.74 Å². The highest BCUT2D eigenvalue weighted by molar-refractivity contribution is 7.10. The van der Waals surface area contributed by atoms with Crippen LogP contribution >= 0.6 is 11.3 Å². The lowest BCUT2D eigenvalue weighted by Gasteiger charge is -2.24. The highest BCUT2D eigenvalue weighted by atomic mass is 32.1. The molecule has 2 aromatic rings. The van der Waals surface area contributed by atoms with Crippen LogP contribution in [0.2, 0.25) is 0 Å². The number of carbonyl (C=O) groups is 2. The average molecular weight is 457 g/mol. The first kappa shape index (κ1) is 24.0. The fourth-order valence-electron chi connectivity index (χ4n) is 3.78. The third-order valence-electron chi connectivity index (χ3n) is 5.38. The van der Waals surface area contributed by atoms with E-state index in [1.807, 2.05) is 43.4 Å². The lowest BCUT2D eigenvalue weighted by Crippen LogP contribution is -2.32. The number of aliphatic hydroxyl groups is 1. The Morgan fingerprint density at radius 2 is 2.00 bits per heavy atom. The average Bonchev–Trinajstić information content (AvgIpc) is 3.34. The van der Waals surface area contributed by atoms with E-state index in [2.05, 4.69) is 13.8 Å². The van der Waals surface area contributed by atoms with Gasteiger partial charge in [0.15, 0.2) is 0 Å². The van der Waals surface area contributed by atoms with Crippen molar-refractivity contribution < 1.29 is 19.4 Å². The van der Waals surface area contributed by atoms with E-state index in [1.165, 1.54) is 11.3 Å². The molecule has 2 heterocycles. The number of aryl methyl sites for hydroxylation is 1. The number of Topliss-reactive ketones (excluding diaryl/α,β-unsaturated/α-hetero) is 1. The summed E-state index contributed by atoms with van der Waals surface area (Å²) in [5, 5.41) is 13.1. The number of amides is 1. The van der Waals surface area contributed by atoms with Crippen LogP contribution in [0.4, 0.5) is 0 Å². The number of aliphatic hydroxyl groups excluding tert-OH is 1. The third kappa shape index (κ3) is 5.22. The summed E-state index contributed by atoms with van der Waals surface area (Å²) in [6, 6.07) is 8.57. The summed E-state index contributed by atoms with van der Waals surface area (Å²) in [6.07, 6.45) is 0.739. The minimum Gasteiger partial charge on any atom is -0.507 e. The van der Waals surface area contributed by atoms with Crippen LogP contribution in [-0.4, -0.2) is 60.4 Å². The van der Waals surface area contributed by atoms with E-state index >= 15 is 0 Å². The largest absolute Gasteiger partial charge is 0.507 e. The Labute approximate surface area is 194 Å². The van der Waals surface area contributed by atoms with Gasteiger partial charge >= 0.3 is 0 Å². The van der Waals surface area contributed by atoms with Crippen LogP contribution in [0.15, 0.2) is 41.3 Å². The molecule has 1 N–H and O–H groups in total. The van der Waals surface area contributed by atoms with Crippen LogP contribution in [0.1, 0.15) is 42.3 Å². The highest BCUT2D eigenvalue weighted by Gasteiger charge is 2.46. The predicted molar refractivity (Wildman–Crippen MR) is 128 cm³/mol. The fraction of sp³-hybridized carbons (Fsp3) is 0.440. The van der Waals surface area contributed by atoms with E-state index in [9.17, 15) is 14.7 Å². The topological polar surface area (TPSA) is 70.1 Å². The van der Waals surface area contributed by atoms with Gasteiger partial charge in [0.25, 0.3) is 11.7 Å². The molecule has 1 saturated heterocycles. The van der Waals surface area contributed by atoms with Crippen molar-refractivity contribution in [2.75, 3.05) is 33.8 Å². The Balaban J connectivity index is 1.98. The molecule has 0 radical (unpaired) electrons. The normalized spacial score (nSPS) is 18.2. The molecule has 1 fully saturated rings. The van der Waals surface area contributed by atoms with E-state index in [-0.39, 0.29) is 11.3 Å². The van der Waals surface area contributed by atoms with Crippen LogP contribution in [0.25, 0.3) is 5.76 Å². The van der Waals surface area contributed by atoms with Crippen molar-refractivity contribution in [3.8, 4) is 5.75 Å². The van der Waals surface area contributed by atoms with Crippen molar-refractivity contribution in [3.63, 3.8) is 0 Å². The number of ketones is 1. The van der Waals surface area contributed by atoms with E-state index in [1.54, 1.807) is 23.1 Å². The highest BCUT2D eigenvalue weighted by Crippen LogP contribution is 2.41. The Morgan fingerprint density at radius 3 is 2.59 bits per heavy atom. The summed E-state index contributed by atoms with van der Waals surface area (Å²) in [5.74, 6) is -0.192. The van der Waals surface area contributed by atoms with Crippen LogP contribution in [0.3, 0.4) is 0 Å². The van der Waals surface area contributed by atoms with Crippen molar-refractivity contribution in [2.24, 2.45) is 5.92 Å². The molecule has 1 amide bonds. The van der Waals surface area contributed by atoms with Gasteiger partial charge in [-0.25, -0.2) is 0 Å². The van der Waals surface area contributed by atoms with Gasteiger partial charge in [0.1, 0.15) is 11.5 Å². The van der Waals surface area contributed by atoms with E-state index < -0.39 is 17.7 Å². The first-order chi connectivity index (χ1) is 15.2. The Morgan fingerprint density at radius 1 is 1.25 bits per heavy atom. The molecule has 1 aromatic heterocycles. The zero-order valence-electron chi connectivity index (χ0n) is 19.4. The molecule has 32 heavy (non-hydrogen) atoms. The van der Waals surface area contributed by atoms with Gasteiger partial charge < -0.3 is 19.6 Å². The van der Waals surface area contributed by atoms with Gasteiger partial charge in [0.2, 0.25) is 0 Å². The summed E-state index contributed by atoms with van der Waals surface area (Å²) < 4.78 is 5.83. The number of carbonyl (C=O) groups excluding carboxylic acids is 2. The van der Waals surface area contributed by atoms with Gasteiger partial charge in [0.05, 0.1) is 18.2 Å². The Bertz CT molecular complexity index is 995. The predicted octanol–water partition coefficient (Wildman–Crippen LogP) is 4.46. The molecule has 1 unspecified atom stereocenters. The second-order valence-electron chi connectivity index (χ2n) is 8.85. The van der Waals surface area contributed by atoms with Crippen molar-refractivity contribution in [1.29, 1.82) is 0 Å². The smallest absolute Gasteiger partial charge is 0.295 e. The number of likely N-dealkylation sites (tertiary alicyclic amines) is 1. The molecule has 0 saturated carbocycles. The van der Waals surface area contributed by atoms with Gasteiger partial charge in [-0.1, -0.05) is 19.9 Å². The summed E-state index contributed by atoms with van der Waals surface area (Å²) >= 11 is 1.48. The Hall–Kier alpha value is -2.64. The number of thiophene rings is 1. The van der Waals surface area contributed by atoms with Gasteiger partial charge in [-0.2, -0.15) is 0 Å². The van der Waals surface area contributed by atoms with Crippen molar-refractivity contribution in [2.45, 2.75) is 33.2 Å².